The molecule has 2 rings (SSSR count). The van der Waals surface area contributed by atoms with Gasteiger partial charge in [-0.1, -0.05) is 23.4 Å². The molecular formula is C13H10N2O4S. The molecule has 1 aromatic heterocycles. The maximum Gasteiger partial charge on any atom is 0.372 e. The van der Waals surface area contributed by atoms with Gasteiger partial charge in [-0.05, 0) is 24.4 Å². The summed E-state index contributed by atoms with van der Waals surface area (Å²) < 4.78 is 0. The van der Waals surface area contributed by atoms with Gasteiger partial charge in [-0.25, -0.2) is 4.79 Å². The van der Waals surface area contributed by atoms with Gasteiger partial charge < -0.3 is 4.84 Å². The predicted octanol–water partition coefficient (Wildman–Crippen LogP) is 3.24. The van der Waals surface area contributed by atoms with Crippen LogP contribution in [-0.2, 0) is 4.84 Å². The molecule has 2 aromatic rings. The minimum Gasteiger partial charge on any atom is -0.312 e. The third-order valence-electron chi connectivity index (χ3n) is 2.46. The monoisotopic (exact) mass is 290 g/mol. The first-order valence-electron chi connectivity index (χ1n) is 5.63. The minimum atomic E-state index is -0.854. The van der Waals surface area contributed by atoms with Gasteiger partial charge in [-0.2, -0.15) is 0 Å². The molecule has 0 saturated heterocycles. The van der Waals surface area contributed by atoms with Gasteiger partial charge in [0.15, 0.2) is 0 Å². The largest absolute Gasteiger partial charge is 0.372 e. The molecule has 1 aromatic carbocycles. The summed E-state index contributed by atoms with van der Waals surface area (Å²) in [4.78, 5) is 27.6. The second-order valence-electron chi connectivity index (χ2n) is 3.81. The molecule has 0 fully saturated rings. The van der Waals surface area contributed by atoms with Gasteiger partial charge in [0, 0.05) is 6.07 Å². The van der Waals surface area contributed by atoms with Crippen LogP contribution in [0.4, 0.5) is 5.69 Å². The van der Waals surface area contributed by atoms with Crippen LogP contribution in [0, 0.1) is 10.1 Å². The second-order valence-corrected chi connectivity index (χ2v) is 4.75. The number of nitro groups is 1. The van der Waals surface area contributed by atoms with E-state index < -0.39 is 10.9 Å². The number of para-hydroxylation sites is 1. The quantitative estimate of drug-likeness (QED) is 0.374. The fraction of sp³-hybridized carbons (Fsp3) is 0.0769. The molecule has 0 atom stereocenters. The van der Waals surface area contributed by atoms with Crippen LogP contribution >= 0.6 is 11.3 Å². The van der Waals surface area contributed by atoms with Gasteiger partial charge in [-0.3, -0.25) is 10.1 Å². The summed E-state index contributed by atoms with van der Waals surface area (Å²) in [5, 5.41) is 16.4. The second kappa shape index (κ2) is 6.07. The molecule has 0 radical (unpaired) electrons. The Morgan fingerprint density at radius 2 is 2.05 bits per heavy atom. The van der Waals surface area contributed by atoms with Crippen molar-refractivity contribution in [3.63, 3.8) is 0 Å². The van der Waals surface area contributed by atoms with E-state index in [9.17, 15) is 14.9 Å². The molecule has 0 spiro atoms. The van der Waals surface area contributed by atoms with Gasteiger partial charge in [-0.15, -0.1) is 11.3 Å². The Morgan fingerprint density at radius 1 is 1.30 bits per heavy atom. The van der Waals surface area contributed by atoms with Crippen molar-refractivity contribution in [3.05, 3.63) is 62.3 Å². The Balaban J connectivity index is 2.17. The maximum atomic E-state index is 11.8. The number of carbonyl (C=O) groups excluding carboxylic acids is 1. The van der Waals surface area contributed by atoms with E-state index in [4.69, 9.17) is 4.84 Å². The van der Waals surface area contributed by atoms with E-state index in [-0.39, 0.29) is 11.3 Å². The van der Waals surface area contributed by atoms with Gasteiger partial charge in [0.25, 0.3) is 5.69 Å². The Labute approximate surface area is 118 Å². The highest BCUT2D eigenvalue weighted by Crippen LogP contribution is 2.19. The fourth-order valence-corrected chi connectivity index (χ4v) is 2.16. The molecule has 0 N–H and O–H groups in total. The molecule has 6 nitrogen and oxygen atoms in total. The molecule has 102 valence electrons. The maximum absolute atomic E-state index is 11.8. The van der Waals surface area contributed by atoms with Gasteiger partial charge in [0.2, 0.25) is 0 Å². The highest BCUT2D eigenvalue weighted by Gasteiger charge is 2.20. The number of benzene rings is 1. The highest BCUT2D eigenvalue weighted by molar-refractivity contribution is 7.12. The summed E-state index contributed by atoms with van der Waals surface area (Å²) in [5.74, 6) is -0.854. The molecule has 0 aliphatic carbocycles. The van der Waals surface area contributed by atoms with Crippen LogP contribution in [0.3, 0.4) is 0 Å². The zero-order valence-corrected chi connectivity index (χ0v) is 11.3. The number of hydrogen-bond donors (Lipinski definition) is 0. The Hall–Kier alpha value is -2.54. The molecule has 0 aliphatic rings. The van der Waals surface area contributed by atoms with Crippen molar-refractivity contribution in [3.8, 4) is 0 Å². The normalized spacial score (nSPS) is 11.2. The standard InChI is InChI=1S/C13H10N2O4S/c1-9(12-7-4-8-20-12)14-19-13(16)10-5-2-3-6-11(10)15(17)18/h2-8H,1H3/b14-9-. The van der Waals surface area contributed by atoms with Crippen LogP contribution < -0.4 is 0 Å². The van der Waals surface area contributed by atoms with Crippen molar-refractivity contribution in [2.24, 2.45) is 5.16 Å². The van der Waals surface area contributed by atoms with Crippen LogP contribution in [0.5, 0.6) is 0 Å². The van der Waals surface area contributed by atoms with Crippen molar-refractivity contribution in [1.82, 2.24) is 0 Å². The lowest BCUT2D eigenvalue weighted by molar-refractivity contribution is -0.385. The van der Waals surface area contributed by atoms with E-state index in [1.165, 1.54) is 35.6 Å². The van der Waals surface area contributed by atoms with E-state index in [1.54, 1.807) is 6.92 Å². The van der Waals surface area contributed by atoms with Crippen molar-refractivity contribution in [2.45, 2.75) is 6.92 Å². The summed E-state index contributed by atoms with van der Waals surface area (Å²) in [6, 6.07) is 9.27. The molecule has 0 aliphatic heterocycles. The number of thiophene rings is 1. The lowest BCUT2D eigenvalue weighted by Gasteiger charge is -2.00. The number of hydrogen-bond acceptors (Lipinski definition) is 6. The predicted molar refractivity (Wildman–Crippen MR) is 75.0 cm³/mol. The van der Waals surface area contributed by atoms with E-state index in [1.807, 2.05) is 17.5 Å². The number of rotatable bonds is 4. The van der Waals surface area contributed by atoms with E-state index >= 15 is 0 Å². The zero-order valence-electron chi connectivity index (χ0n) is 10.5. The molecule has 0 amide bonds. The van der Waals surface area contributed by atoms with Crippen molar-refractivity contribution in [1.29, 1.82) is 0 Å². The topological polar surface area (TPSA) is 81.8 Å². The van der Waals surface area contributed by atoms with E-state index in [0.717, 1.165) is 4.88 Å². The first kappa shape index (κ1) is 13.9. The van der Waals surface area contributed by atoms with Crippen molar-refractivity contribution in [2.75, 3.05) is 0 Å². The SMILES string of the molecule is C/C(=N/OC(=O)c1ccccc1[N+](=O)[O-])c1cccs1. The molecule has 0 unspecified atom stereocenters. The first-order chi connectivity index (χ1) is 9.59. The lowest BCUT2D eigenvalue weighted by Crippen LogP contribution is -2.06. The molecule has 7 heteroatoms. The summed E-state index contributed by atoms with van der Waals surface area (Å²) in [6.07, 6.45) is 0. The third-order valence-corrected chi connectivity index (χ3v) is 3.44. The summed E-state index contributed by atoms with van der Waals surface area (Å²) >= 11 is 1.46. The van der Waals surface area contributed by atoms with Crippen LogP contribution in [0.25, 0.3) is 0 Å². The fourth-order valence-electron chi connectivity index (χ4n) is 1.49. The Morgan fingerprint density at radius 3 is 2.70 bits per heavy atom. The Bertz CT molecular complexity index is 665. The highest BCUT2D eigenvalue weighted by atomic mass is 32.1. The number of nitro benzene ring substituents is 1. The number of nitrogens with zero attached hydrogens (tertiary/aromatic N) is 2. The van der Waals surface area contributed by atoms with Crippen LogP contribution in [0.15, 0.2) is 46.9 Å². The summed E-state index contributed by atoms with van der Waals surface area (Å²) in [7, 11) is 0. The molecule has 20 heavy (non-hydrogen) atoms. The average Bonchev–Trinajstić information content (AvgIpc) is 2.98. The summed E-state index contributed by atoms with van der Waals surface area (Å²) in [6.45, 7) is 1.69. The molecule has 0 saturated carbocycles. The average molecular weight is 290 g/mol. The Kier molecular flexibility index (Phi) is 4.21. The van der Waals surface area contributed by atoms with Crippen LogP contribution in [-0.4, -0.2) is 16.6 Å². The van der Waals surface area contributed by atoms with E-state index in [0.29, 0.717) is 5.71 Å². The molecular weight excluding hydrogens is 280 g/mol. The van der Waals surface area contributed by atoms with Gasteiger partial charge in [0.05, 0.1) is 15.5 Å². The zero-order chi connectivity index (χ0) is 14.5. The van der Waals surface area contributed by atoms with Crippen molar-refractivity contribution < 1.29 is 14.6 Å². The number of carbonyl (C=O) groups is 1. The minimum absolute atomic E-state index is 0.125. The van der Waals surface area contributed by atoms with E-state index in [2.05, 4.69) is 5.16 Å². The third kappa shape index (κ3) is 3.07. The van der Waals surface area contributed by atoms with Crippen LogP contribution in [0.2, 0.25) is 0 Å². The summed E-state index contributed by atoms with van der Waals surface area (Å²) in [5.41, 5.74) is 0.105. The number of oxime groups is 1. The van der Waals surface area contributed by atoms with Gasteiger partial charge >= 0.3 is 5.97 Å². The smallest absolute Gasteiger partial charge is 0.312 e. The molecule has 0 bridgehead atoms. The van der Waals surface area contributed by atoms with Crippen LogP contribution in [0.1, 0.15) is 22.2 Å². The first-order valence-corrected chi connectivity index (χ1v) is 6.51. The van der Waals surface area contributed by atoms with Crippen molar-refractivity contribution >= 4 is 28.7 Å². The molecule has 1 heterocycles. The van der Waals surface area contributed by atoms with Gasteiger partial charge in [0.1, 0.15) is 5.56 Å². The lowest BCUT2D eigenvalue weighted by atomic mass is 10.2.